The van der Waals surface area contributed by atoms with Crippen molar-refractivity contribution in [2.24, 2.45) is 0 Å². The fraction of sp³-hybridized carbons (Fsp3) is 0.0500. The van der Waals surface area contributed by atoms with Crippen molar-refractivity contribution in [2.45, 2.75) is 6.92 Å². The van der Waals surface area contributed by atoms with Crippen molar-refractivity contribution in [2.75, 3.05) is 0 Å². The Balaban J connectivity index is 2.09. The molecule has 0 saturated heterocycles. The Kier molecular flexibility index (Phi) is 2.71. The lowest BCUT2D eigenvalue weighted by Gasteiger charge is -2.06. The highest BCUT2D eigenvalue weighted by Crippen LogP contribution is 2.30. The fourth-order valence-electron chi connectivity index (χ4n) is 3.00. The molecule has 3 aromatic carbocycles. The van der Waals surface area contributed by atoms with Crippen molar-refractivity contribution < 1.29 is 4.98 Å². The molecule has 1 N–H and O–H groups in total. The molecule has 0 aliphatic carbocycles. The molecule has 21 heavy (non-hydrogen) atoms. The maximum Gasteiger partial charge on any atom is 0.218 e. The molecular formula is C20H16N+. The van der Waals surface area contributed by atoms with Crippen LogP contribution in [-0.4, -0.2) is 0 Å². The van der Waals surface area contributed by atoms with Gasteiger partial charge in [0.25, 0.3) is 0 Å². The van der Waals surface area contributed by atoms with E-state index in [0.29, 0.717) is 0 Å². The number of rotatable bonds is 1. The number of H-pyrrole nitrogens is 1. The Labute approximate surface area is 123 Å². The smallest absolute Gasteiger partial charge is 0.211 e. The van der Waals surface area contributed by atoms with Crippen LogP contribution in [0, 0.1) is 6.92 Å². The molecule has 1 heteroatoms. The van der Waals surface area contributed by atoms with Gasteiger partial charge in [0.1, 0.15) is 0 Å². The monoisotopic (exact) mass is 270 g/mol. The molecule has 0 unspecified atom stereocenters. The van der Waals surface area contributed by atoms with E-state index >= 15 is 0 Å². The van der Waals surface area contributed by atoms with Crippen LogP contribution >= 0.6 is 0 Å². The number of fused-ring (bicyclic) bond motifs is 3. The molecule has 1 nitrogen and oxygen atoms in total. The number of nitrogens with one attached hydrogen (secondary N) is 1. The summed E-state index contributed by atoms with van der Waals surface area (Å²) < 4.78 is 0. The van der Waals surface area contributed by atoms with Gasteiger partial charge >= 0.3 is 0 Å². The van der Waals surface area contributed by atoms with Gasteiger partial charge in [0.05, 0.1) is 5.39 Å². The Morgan fingerprint density at radius 3 is 2.38 bits per heavy atom. The van der Waals surface area contributed by atoms with Crippen LogP contribution in [0.3, 0.4) is 0 Å². The van der Waals surface area contributed by atoms with E-state index in [0.717, 1.165) is 0 Å². The third-order valence-electron chi connectivity index (χ3n) is 4.03. The molecule has 4 rings (SSSR count). The maximum absolute atomic E-state index is 3.40. The van der Waals surface area contributed by atoms with Gasteiger partial charge in [-0.3, -0.25) is 0 Å². The van der Waals surface area contributed by atoms with Gasteiger partial charge in [-0.05, 0) is 35.9 Å². The first kappa shape index (κ1) is 12.1. The number of aromatic nitrogens is 1. The van der Waals surface area contributed by atoms with Crippen LogP contribution in [-0.2, 0) is 0 Å². The molecule has 0 amide bonds. The lowest BCUT2D eigenvalue weighted by Crippen LogP contribution is -2.06. The molecule has 0 radical (unpaired) electrons. The third-order valence-corrected chi connectivity index (χ3v) is 4.03. The van der Waals surface area contributed by atoms with Crippen molar-refractivity contribution in [1.82, 2.24) is 0 Å². The summed E-state index contributed by atoms with van der Waals surface area (Å²) in [6.07, 6.45) is 2.03. The Bertz CT molecular complexity index is 940. The molecule has 4 aromatic rings. The van der Waals surface area contributed by atoms with Crippen LogP contribution in [0.25, 0.3) is 32.8 Å². The van der Waals surface area contributed by atoms with Gasteiger partial charge in [0, 0.05) is 17.0 Å². The summed E-state index contributed by atoms with van der Waals surface area (Å²) in [6, 6.07) is 23.7. The molecule has 1 heterocycles. The van der Waals surface area contributed by atoms with Crippen molar-refractivity contribution in [3.05, 3.63) is 78.5 Å². The second-order valence-electron chi connectivity index (χ2n) is 5.47. The lowest BCUT2D eigenvalue weighted by atomic mass is 9.98. The van der Waals surface area contributed by atoms with Gasteiger partial charge in [-0.15, -0.1) is 0 Å². The normalized spacial score (nSPS) is 11.1. The SMILES string of the molecule is Cc1ccc2c(ccc3c(-c4ccccc4)[nH+]ccc32)c1. The molecule has 0 aliphatic heterocycles. The quantitative estimate of drug-likeness (QED) is 0.442. The first-order chi connectivity index (χ1) is 10.3. The van der Waals surface area contributed by atoms with Gasteiger partial charge in [-0.25, -0.2) is 4.98 Å². The number of hydrogen-bond donors (Lipinski definition) is 0. The zero-order chi connectivity index (χ0) is 14.2. The molecule has 0 aliphatic rings. The van der Waals surface area contributed by atoms with E-state index < -0.39 is 0 Å². The lowest BCUT2D eigenvalue weighted by molar-refractivity contribution is -0.362. The van der Waals surface area contributed by atoms with Crippen molar-refractivity contribution in [1.29, 1.82) is 0 Å². The number of pyridine rings is 1. The third kappa shape index (κ3) is 1.98. The van der Waals surface area contributed by atoms with Crippen LogP contribution in [0.1, 0.15) is 5.56 Å². The van der Waals surface area contributed by atoms with Crippen LogP contribution in [0.5, 0.6) is 0 Å². The molecular weight excluding hydrogens is 254 g/mol. The van der Waals surface area contributed by atoms with E-state index in [-0.39, 0.29) is 0 Å². The summed E-state index contributed by atoms with van der Waals surface area (Å²) in [4.78, 5) is 3.40. The number of aromatic amines is 1. The predicted octanol–water partition coefficient (Wildman–Crippen LogP) is 4.78. The zero-order valence-corrected chi connectivity index (χ0v) is 11.9. The van der Waals surface area contributed by atoms with Gasteiger partial charge in [0.15, 0.2) is 6.20 Å². The Hall–Kier alpha value is -2.67. The molecule has 0 bridgehead atoms. The average Bonchev–Trinajstić information content (AvgIpc) is 2.54. The van der Waals surface area contributed by atoms with Gasteiger partial charge in [0.2, 0.25) is 5.69 Å². The summed E-state index contributed by atoms with van der Waals surface area (Å²) in [5.41, 5.74) is 3.69. The summed E-state index contributed by atoms with van der Waals surface area (Å²) in [7, 11) is 0. The standard InChI is InChI=1S/C20H15N/c1-14-7-9-17-16(13-14)8-10-19-18(17)11-12-21-20(19)15-5-3-2-4-6-15/h2-13H,1H3/p+1. The molecule has 100 valence electrons. The fourth-order valence-corrected chi connectivity index (χ4v) is 3.00. The summed E-state index contributed by atoms with van der Waals surface area (Å²) in [5, 5.41) is 5.17. The van der Waals surface area contributed by atoms with Crippen LogP contribution in [0.2, 0.25) is 0 Å². The largest absolute Gasteiger partial charge is 0.218 e. The van der Waals surface area contributed by atoms with E-state index in [9.17, 15) is 0 Å². The van der Waals surface area contributed by atoms with E-state index in [1.54, 1.807) is 0 Å². The highest BCUT2D eigenvalue weighted by atomic mass is 14.7. The van der Waals surface area contributed by atoms with Crippen LogP contribution < -0.4 is 4.98 Å². The summed E-state index contributed by atoms with van der Waals surface area (Å²) in [6.45, 7) is 2.14. The number of hydrogen-bond acceptors (Lipinski definition) is 0. The molecule has 0 fully saturated rings. The van der Waals surface area contributed by atoms with Crippen molar-refractivity contribution in [3.8, 4) is 11.3 Å². The van der Waals surface area contributed by atoms with Crippen LogP contribution in [0.15, 0.2) is 72.9 Å². The van der Waals surface area contributed by atoms with E-state index in [1.807, 2.05) is 12.3 Å². The Morgan fingerprint density at radius 2 is 1.52 bits per heavy atom. The highest BCUT2D eigenvalue weighted by molar-refractivity contribution is 6.10. The zero-order valence-electron chi connectivity index (χ0n) is 11.9. The Morgan fingerprint density at radius 1 is 0.714 bits per heavy atom. The van der Waals surface area contributed by atoms with Crippen molar-refractivity contribution >= 4 is 21.5 Å². The van der Waals surface area contributed by atoms with Gasteiger partial charge in [-0.1, -0.05) is 48.0 Å². The second kappa shape index (κ2) is 4.71. The molecule has 0 spiro atoms. The number of aryl methyl sites for hydroxylation is 1. The van der Waals surface area contributed by atoms with Crippen molar-refractivity contribution in [3.63, 3.8) is 0 Å². The first-order valence-corrected chi connectivity index (χ1v) is 7.22. The van der Waals surface area contributed by atoms with E-state index in [2.05, 4.69) is 72.6 Å². The molecule has 0 saturated carbocycles. The minimum Gasteiger partial charge on any atom is -0.211 e. The van der Waals surface area contributed by atoms with E-state index in [1.165, 1.54) is 38.4 Å². The topological polar surface area (TPSA) is 14.1 Å². The predicted molar refractivity (Wildman–Crippen MR) is 88.2 cm³/mol. The second-order valence-corrected chi connectivity index (χ2v) is 5.47. The molecule has 1 aromatic heterocycles. The van der Waals surface area contributed by atoms with Crippen LogP contribution in [0.4, 0.5) is 0 Å². The summed E-state index contributed by atoms with van der Waals surface area (Å²) >= 11 is 0. The van der Waals surface area contributed by atoms with E-state index in [4.69, 9.17) is 0 Å². The van der Waals surface area contributed by atoms with Gasteiger partial charge in [-0.2, -0.15) is 0 Å². The molecule has 0 atom stereocenters. The first-order valence-electron chi connectivity index (χ1n) is 7.22. The summed E-state index contributed by atoms with van der Waals surface area (Å²) in [5.74, 6) is 0. The maximum atomic E-state index is 3.40. The highest BCUT2D eigenvalue weighted by Gasteiger charge is 2.12. The minimum absolute atomic E-state index is 1.18. The average molecular weight is 270 g/mol. The number of benzene rings is 3. The van der Waals surface area contributed by atoms with Gasteiger partial charge < -0.3 is 0 Å². The minimum atomic E-state index is 1.18.